The average molecular weight is 275 g/mol. The van der Waals surface area contributed by atoms with E-state index in [0.29, 0.717) is 12.4 Å². The lowest BCUT2D eigenvalue weighted by Gasteiger charge is -2.21. The Balaban J connectivity index is 2.25. The lowest BCUT2D eigenvalue weighted by atomic mass is 10.3. The number of hydrogen-bond donors (Lipinski definition) is 2. The highest BCUT2D eigenvalue weighted by atomic mass is 16.3. The molecule has 0 aliphatic heterocycles. The quantitative estimate of drug-likeness (QED) is 0.596. The third-order valence-corrected chi connectivity index (χ3v) is 3.01. The summed E-state index contributed by atoms with van der Waals surface area (Å²) in [6, 6.07) is 5.70. The Morgan fingerprint density at radius 2 is 2.20 bits per heavy atom. The van der Waals surface area contributed by atoms with Gasteiger partial charge in [-0.1, -0.05) is 6.92 Å². The second-order valence-electron chi connectivity index (χ2n) is 4.52. The van der Waals surface area contributed by atoms with Crippen LogP contribution in [0, 0.1) is 0 Å². The number of nitrogens with one attached hydrogen (secondary N) is 1. The Hall–Kier alpha value is -2.08. The number of hydrazine groups is 1. The first-order chi connectivity index (χ1) is 9.76. The number of nitrogen functional groups attached to an aromatic ring is 1. The molecular formula is C14H21N5O. The van der Waals surface area contributed by atoms with Gasteiger partial charge in [-0.15, -0.1) is 0 Å². The van der Waals surface area contributed by atoms with Gasteiger partial charge in [-0.05, 0) is 25.5 Å². The highest BCUT2D eigenvalue weighted by Gasteiger charge is 2.11. The molecule has 20 heavy (non-hydrogen) atoms. The van der Waals surface area contributed by atoms with E-state index >= 15 is 0 Å². The maximum absolute atomic E-state index is 5.48. The van der Waals surface area contributed by atoms with E-state index in [4.69, 9.17) is 10.3 Å². The van der Waals surface area contributed by atoms with Crippen molar-refractivity contribution in [1.82, 2.24) is 9.97 Å². The molecule has 3 N–H and O–H groups in total. The zero-order valence-corrected chi connectivity index (χ0v) is 12.0. The van der Waals surface area contributed by atoms with Crippen LogP contribution in [0.15, 0.2) is 28.9 Å². The van der Waals surface area contributed by atoms with Gasteiger partial charge in [-0.3, -0.25) is 0 Å². The highest BCUT2D eigenvalue weighted by molar-refractivity contribution is 5.49. The molecule has 0 amide bonds. The summed E-state index contributed by atoms with van der Waals surface area (Å²) in [4.78, 5) is 11.1. The molecule has 0 bridgehead atoms. The summed E-state index contributed by atoms with van der Waals surface area (Å²) < 4.78 is 5.40. The summed E-state index contributed by atoms with van der Waals surface area (Å²) in [5, 5.41) is 0. The normalized spacial score (nSPS) is 10.6. The van der Waals surface area contributed by atoms with Crippen molar-refractivity contribution in [3.05, 3.63) is 36.0 Å². The number of aromatic nitrogens is 2. The Bertz CT molecular complexity index is 526. The zero-order valence-electron chi connectivity index (χ0n) is 12.0. The van der Waals surface area contributed by atoms with E-state index in [1.54, 1.807) is 6.26 Å². The van der Waals surface area contributed by atoms with Crippen molar-refractivity contribution in [3.63, 3.8) is 0 Å². The number of furan rings is 1. The minimum absolute atomic E-state index is 0.636. The van der Waals surface area contributed by atoms with E-state index in [0.717, 1.165) is 36.8 Å². The fraction of sp³-hybridized carbons (Fsp3) is 0.429. The molecule has 2 aromatic heterocycles. The van der Waals surface area contributed by atoms with Crippen LogP contribution in [0.5, 0.6) is 0 Å². The summed E-state index contributed by atoms with van der Waals surface area (Å²) in [6.45, 7) is 5.69. The van der Waals surface area contributed by atoms with Crippen molar-refractivity contribution in [2.45, 2.75) is 33.2 Å². The first-order valence-electron chi connectivity index (χ1n) is 6.88. The number of nitrogens with two attached hydrogens (primary N) is 1. The van der Waals surface area contributed by atoms with E-state index in [1.165, 1.54) is 0 Å². The highest BCUT2D eigenvalue weighted by Crippen LogP contribution is 2.18. The molecule has 0 saturated carbocycles. The molecule has 108 valence electrons. The van der Waals surface area contributed by atoms with Crippen LogP contribution in [0.3, 0.4) is 0 Å². The molecule has 0 spiro atoms. The average Bonchev–Trinajstić information content (AvgIpc) is 2.97. The van der Waals surface area contributed by atoms with Gasteiger partial charge >= 0.3 is 0 Å². The van der Waals surface area contributed by atoms with Crippen LogP contribution < -0.4 is 16.2 Å². The summed E-state index contributed by atoms with van der Waals surface area (Å²) >= 11 is 0. The van der Waals surface area contributed by atoms with Gasteiger partial charge in [0.15, 0.2) is 0 Å². The fourth-order valence-corrected chi connectivity index (χ4v) is 2.00. The van der Waals surface area contributed by atoms with Gasteiger partial charge in [0, 0.05) is 19.0 Å². The lowest BCUT2D eigenvalue weighted by molar-refractivity contribution is 0.502. The SMILES string of the molecule is CCCc1nc(NN)cc(N(CC)Cc2ccco2)n1. The monoisotopic (exact) mass is 275 g/mol. The van der Waals surface area contributed by atoms with Crippen LogP contribution in [-0.2, 0) is 13.0 Å². The maximum atomic E-state index is 5.48. The van der Waals surface area contributed by atoms with Gasteiger partial charge < -0.3 is 14.7 Å². The summed E-state index contributed by atoms with van der Waals surface area (Å²) in [5.74, 6) is 8.69. The Kier molecular flexibility index (Phi) is 4.95. The number of rotatable bonds is 7. The first kappa shape index (κ1) is 14.3. The van der Waals surface area contributed by atoms with Gasteiger partial charge in [0.2, 0.25) is 0 Å². The molecule has 6 heteroatoms. The molecule has 0 aromatic carbocycles. The molecule has 6 nitrogen and oxygen atoms in total. The number of aryl methyl sites for hydroxylation is 1. The molecule has 2 heterocycles. The third-order valence-electron chi connectivity index (χ3n) is 3.01. The third kappa shape index (κ3) is 3.48. The van der Waals surface area contributed by atoms with E-state index < -0.39 is 0 Å². The van der Waals surface area contributed by atoms with Gasteiger partial charge in [0.25, 0.3) is 0 Å². The van der Waals surface area contributed by atoms with Crippen molar-refractivity contribution in [2.24, 2.45) is 5.84 Å². The van der Waals surface area contributed by atoms with Gasteiger partial charge in [-0.25, -0.2) is 15.8 Å². The van der Waals surface area contributed by atoms with Crippen molar-refractivity contribution in [1.29, 1.82) is 0 Å². The molecule has 0 atom stereocenters. The summed E-state index contributed by atoms with van der Waals surface area (Å²) in [5.41, 5.74) is 2.60. The first-order valence-corrected chi connectivity index (χ1v) is 6.88. The van der Waals surface area contributed by atoms with E-state index in [-0.39, 0.29) is 0 Å². The maximum Gasteiger partial charge on any atom is 0.145 e. The predicted octanol–water partition coefficient (Wildman–Crippen LogP) is 2.33. The van der Waals surface area contributed by atoms with Crippen LogP contribution in [0.1, 0.15) is 31.9 Å². The number of anilines is 2. The van der Waals surface area contributed by atoms with E-state index in [1.807, 2.05) is 18.2 Å². The zero-order chi connectivity index (χ0) is 14.4. The van der Waals surface area contributed by atoms with Crippen molar-refractivity contribution >= 4 is 11.6 Å². The van der Waals surface area contributed by atoms with Crippen LogP contribution in [-0.4, -0.2) is 16.5 Å². The molecule has 0 radical (unpaired) electrons. The molecule has 0 fully saturated rings. The van der Waals surface area contributed by atoms with Crippen LogP contribution in [0.25, 0.3) is 0 Å². The van der Waals surface area contributed by atoms with E-state index in [9.17, 15) is 0 Å². The van der Waals surface area contributed by atoms with Crippen molar-refractivity contribution in [3.8, 4) is 0 Å². The second kappa shape index (κ2) is 6.91. The molecule has 0 aliphatic rings. The smallest absolute Gasteiger partial charge is 0.145 e. The minimum atomic E-state index is 0.636. The Morgan fingerprint density at radius 1 is 1.35 bits per heavy atom. The van der Waals surface area contributed by atoms with E-state index in [2.05, 4.69) is 34.1 Å². The van der Waals surface area contributed by atoms with Gasteiger partial charge in [0.05, 0.1) is 12.8 Å². The van der Waals surface area contributed by atoms with Gasteiger partial charge in [0.1, 0.15) is 23.2 Å². The van der Waals surface area contributed by atoms with Gasteiger partial charge in [-0.2, -0.15) is 0 Å². The molecule has 0 saturated heterocycles. The second-order valence-corrected chi connectivity index (χ2v) is 4.52. The lowest BCUT2D eigenvalue weighted by Crippen LogP contribution is -2.24. The van der Waals surface area contributed by atoms with Crippen LogP contribution in [0.2, 0.25) is 0 Å². The summed E-state index contributed by atoms with van der Waals surface area (Å²) in [6.07, 6.45) is 3.51. The van der Waals surface area contributed by atoms with Crippen LogP contribution in [0.4, 0.5) is 11.6 Å². The predicted molar refractivity (Wildman–Crippen MR) is 79.3 cm³/mol. The van der Waals surface area contributed by atoms with Crippen molar-refractivity contribution in [2.75, 3.05) is 16.9 Å². The standard InChI is InChI=1S/C14H21N5O/c1-3-6-12-16-13(18-15)9-14(17-12)19(4-2)10-11-7-5-8-20-11/h5,7-9H,3-4,6,10,15H2,1-2H3,(H,16,17,18). The minimum Gasteiger partial charge on any atom is -0.467 e. The number of hydrogen-bond acceptors (Lipinski definition) is 6. The Labute approximate surface area is 119 Å². The number of nitrogens with zero attached hydrogens (tertiary/aromatic N) is 3. The fourth-order valence-electron chi connectivity index (χ4n) is 2.00. The topological polar surface area (TPSA) is 80.2 Å². The Morgan fingerprint density at radius 3 is 2.80 bits per heavy atom. The van der Waals surface area contributed by atoms with Crippen molar-refractivity contribution < 1.29 is 4.42 Å². The molecule has 2 aromatic rings. The summed E-state index contributed by atoms with van der Waals surface area (Å²) in [7, 11) is 0. The molecule has 2 rings (SSSR count). The molecule has 0 aliphatic carbocycles. The molecular weight excluding hydrogens is 254 g/mol. The largest absolute Gasteiger partial charge is 0.467 e. The van der Waals surface area contributed by atoms with Crippen LogP contribution >= 0.6 is 0 Å². The molecule has 0 unspecified atom stereocenters.